The smallest absolute Gasteiger partial charge is 0.225 e. The summed E-state index contributed by atoms with van der Waals surface area (Å²) in [5, 5.41) is 0. The topological polar surface area (TPSA) is 29.5 Å². The van der Waals surface area contributed by atoms with Crippen LogP contribution in [0.5, 0.6) is 0 Å². The van der Waals surface area contributed by atoms with E-state index < -0.39 is 0 Å². The van der Waals surface area contributed by atoms with Gasteiger partial charge in [0.2, 0.25) is 5.91 Å². The Morgan fingerprint density at radius 1 is 1.33 bits per heavy atom. The van der Waals surface area contributed by atoms with Gasteiger partial charge in [0.25, 0.3) is 0 Å². The molecule has 3 nitrogen and oxygen atoms in total. The first-order valence-electron chi connectivity index (χ1n) is 6.12. The molecule has 1 amide bonds. The first-order valence-corrected chi connectivity index (χ1v) is 6.12. The number of nitrogens with zero attached hydrogens (tertiary/aromatic N) is 1. The summed E-state index contributed by atoms with van der Waals surface area (Å²) in [5.74, 6) is 0.417. The predicted molar refractivity (Wildman–Crippen MR) is 58.5 cm³/mol. The lowest BCUT2D eigenvalue weighted by Gasteiger charge is -2.44. The van der Waals surface area contributed by atoms with Crippen molar-refractivity contribution in [3.05, 3.63) is 0 Å². The Bertz CT molecular complexity index is 238. The summed E-state index contributed by atoms with van der Waals surface area (Å²) in [5.41, 5.74) is 0. The molecule has 2 atom stereocenters. The van der Waals surface area contributed by atoms with Gasteiger partial charge in [0.05, 0.1) is 18.8 Å². The maximum absolute atomic E-state index is 12.0. The highest BCUT2D eigenvalue weighted by atomic mass is 16.5. The van der Waals surface area contributed by atoms with Crippen molar-refractivity contribution >= 4 is 5.91 Å². The average molecular weight is 211 g/mol. The summed E-state index contributed by atoms with van der Waals surface area (Å²) < 4.78 is 5.75. The molecule has 0 aromatic heterocycles. The maximum Gasteiger partial charge on any atom is 0.225 e. The van der Waals surface area contributed by atoms with Gasteiger partial charge >= 0.3 is 0 Å². The van der Waals surface area contributed by atoms with Crippen LogP contribution in [0, 0.1) is 5.92 Å². The normalized spacial score (nSPS) is 31.5. The van der Waals surface area contributed by atoms with E-state index in [4.69, 9.17) is 4.74 Å². The summed E-state index contributed by atoms with van der Waals surface area (Å²) in [6, 6.07) is 0.363. The lowest BCUT2D eigenvalue weighted by molar-refractivity contribution is -0.152. The highest BCUT2D eigenvalue weighted by Gasteiger charge is 2.36. The summed E-state index contributed by atoms with van der Waals surface area (Å²) in [6.07, 6.45) is 5.07. The van der Waals surface area contributed by atoms with Crippen molar-refractivity contribution in [3.8, 4) is 0 Å². The molecule has 2 fully saturated rings. The van der Waals surface area contributed by atoms with E-state index >= 15 is 0 Å². The minimum atomic E-state index is 0.116. The van der Waals surface area contributed by atoms with Crippen LogP contribution in [-0.4, -0.2) is 36.1 Å². The van der Waals surface area contributed by atoms with E-state index in [9.17, 15) is 4.79 Å². The standard InChI is InChI=1S/C12H21NO2/c1-9(2)12(14)13-7-8-15-11-6-4-3-5-10(11)13/h9-11H,3-8H2,1-2H3/t10-,11+/m1/s1. The third-order valence-electron chi connectivity index (χ3n) is 3.51. The number of fused-ring (bicyclic) bond motifs is 1. The van der Waals surface area contributed by atoms with Crippen LogP contribution in [0.25, 0.3) is 0 Å². The van der Waals surface area contributed by atoms with E-state index in [1.807, 2.05) is 13.8 Å². The summed E-state index contributed by atoms with van der Waals surface area (Å²) in [4.78, 5) is 14.1. The van der Waals surface area contributed by atoms with Crippen LogP contribution < -0.4 is 0 Å². The molecule has 2 rings (SSSR count). The van der Waals surface area contributed by atoms with Gasteiger partial charge in [-0.2, -0.15) is 0 Å². The van der Waals surface area contributed by atoms with E-state index in [-0.39, 0.29) is 5.92 Å². The van der Waals surface area contributed by atoms with E-state index in [0.717, 1.165) is 26.0 Å². The van der Waals surface area contributed by atoms with Crippen LogP contribution in [-0.2, 0) is 9.53 Å². The van der Waals surface area contributed by atoms with E-state index in [1.165, 1.54) is 12.8 Å². The zero-order valence-corrected chi connectivity index (χ0v) is 9.74. The van der Waals surface area contributed by atoms with Gasteiger partial charge in [-0.3, -0.25) is 4.79 Å². The Morgan fingerprint density at radius 2 is 2.07 bits per heavy atom. The van der Waals surface area contributed by atoms with Gasteiger partial charge in [0.1, 0.15) is 0 Å². The molecule has 15 heavy (non-hydrogen) atoms. The highest BCUT2D eigenvalue weighted by Crippen LogP contribution is 2.29. The van der Waals surface area contributed by atoms with Crippen LogP contribution >= 0.6 is 0 Å². The van der Waals surface area contributed by atoms with Gasteiger partial charge in [-0.1, -0.05) is 26.7 Å². The quantitative estimate of drug-likeness (QED) is 0.662. The van der Waals surface area contributed by atoms with Gasteiger partial charge in [-0.05, 0) is 12.8 Å². The van der Waals surface area contributed by atoms with E-state index in [1.54, 1.807) is 0 Å². The zero-order valence-electron chi connectivity index (χ0n) is 9.74. The molecule has 0 spiro atoms. The van der Waals surface area contributed by atoms with Gasteiger partial charge in [0, 0.05) is 12.5 Å². The van der Waals surface area contributed by atoms with Crippen molar-refractivity contribution in [2.45, 2.75) is 51.7 Å². The third kappa shape index (κ3) is 2.17. The number of hydrogen-bond donors (Lipinski definition) is 0. The fraction of sp³-hybridized carbons (Fsp3) is 0.917. The fourth-order valence-corrected chi connectivity index (χ4v) is 2.70. The second-order valence-corrected chi connectivity index (χ2v) is 4.95. The van der Waals surface area contributed by atoms with Gasteiger partial charge < -0.3 is 9.64 Å². The number of hydrogen-bond acceptors (Lipinski definition) is 2. The molecule has 1 saturated carbocycles. The molecular weight excluding hydrogens is 190 g/mol. The molecule has 0 bridgehead atoms. The zero-order chi connectivity index (χ0) is 10.8. The van der Waals surface area contributed by atoms with Crippen molar-refractivity contribution in [2.24, 2.45) is 5.92 Å². The van der Waals surface area contributed by atoms with Crippen LogP contribution in [0.1, 0.15) is 39.5 Å². The molecule has 86 valence electrons. The Balaban J connectivity index is 2.06. The number of rotatable bonds is 1. The number of morpholine rings is 1. The van der Waals surface area contributed by atoms with Crippen molar-refractivity contribution in [3.63, 3.8) is 0 Å². The first kappa shape index (κ1) is 10.9. The summed E-state index contributed by atoms with van der Waals surface area (Å²) >= 11 is 0. The second kappa shape index (κ2) is 4.52. The molecule has 1 heterocycles. The molecule has 0 aromatic rings. The fourth-order valence-electron chi connectivity index (χ4n) is 2.70. The van der Waals surface area contributed by atoms with Crippen molar-refractivity contribution in [2.75, 3.05) is 13.2 Å². The molecule has 1 aliphatic heterocycles. The minimum absolute atomic E-state index is 0.116. The predicted octanol–water partition coefficient (Wildman–Crippen LogP) is 1.81. The van der Waals surface area contributed by atoms with Crippen LogP contribution in [0.4, 0.5) is 0 Å². The first-order chi connectivity index (χ1) is 7.20. The van der Waals surface area contributed by atoms with Crippen LogP contribution in [0.3, 0.4) is 0 Å². The van der Waals surface area contributed by atoms with Gasteiger partial charge in [0.15, 0.2) is 0 Å². The molecule has 1 aliphatic carbocycles. The van der Waals surface area contributed by atoms with Crippen LogP contribution in [0.2, 0.25) is 0 Å². The number of ether oxygens (including phenoxy) is 1. The monoisotopic (exact) mass is 211 g/mol. The number of amides is 1. The molecule has 1 saturated heterocycles. The van der Waals surface area contributed by atoms with Gasteiger partial charge in [-0.15, -0.1) is 0 Å². The third-order valence-corrected chi connectivity index (χ3v) is 3.51. The number of carbonyl (C=O) groups is 1. The highest BCUT2D eigenvalue weighted by molar-refractivity contribution is 5.78. The Morgan fingerprint density at radius 3 is 2.80 bits per heavy atom. The lowest BCUT2D eigenvalue weighted by atomic mass is 9.89. The van der Waals surface area contributed by atoms with E-state index in [0.29, 0.717) is 18.1 Å². The number of carbonyl (C=O) groups excluding carboxylic acids is 1. The largest absolute Gasteiger partial charge is 0.374 e. The molecule has 0 radical (unpaired) electrons. The molecule has 0 aromatic carbocycles. The summed E-state index contributed by atoms with van der Waals surface area (Å²) in [7, 11) is 0. The maximum atomic E-state index is 12.0. The molecule has 2 aliphatic rings. The average Bonchev–Trinajstić information content (AvgIpc) is 2.27. The molecule has 0 unspecified atom stereocenters. The van der Waals surface area contributed by atoms with Crippen molar-refractivity contribution in [1.82, 2.24) is 4.90 Å². The minimum Gasteiger partial charge on any atom is -0.374 e. The molecular formula is C12H21NO2. The van der Waals surface area contributed by atoms with Crippen molar-refractivity contribution in [1.29, 1.82) is 0 Å². The Labute approximate surface area is 91.8 Å². The lowest BCUT2D eigenvalue weighted by Crippen LogP contribution is -2.55. The van der Waals surface area contributed by atoms with Crippen LogP contribution in [0.15, 0.2) is 0 Å². The van der Waals surface area contributed by atoms with E-state index in [2.05, 4.69) is 4.90 Å². The molecule has 0 N–H and O–H groups in total. The SMILES string of the molecule is CC(C)C(=O)N1CCO[C@H]2CCCC[C@H]21. The summed E-state index contributed by atoms with van der Waals surface area (Å²) in [6.45, 7) is 5.48. The Hall–Kier alpha value is -0.570. The van der Waals surface area contributed by atoms with Crippen molar-refractivity contribution < 1.29 is 9.53 Å². The Kier molecular flexibility index (Phi) is 3.29. The van der Waals surface area contributed by atoms with Gasteiger partial charge in [-0.25, -0.2) is 0 Å². The second-order valence-electron chi connectivity index (χ2n) is 4.95. The molecule has 3 heteroatoms.